The second-order valence-corrected chi connectivity index (χ2v) is 7.25. The highest BCUT2D eigenvalue weighted by Crippen LogP contribution is 2.28. The summed E-state index contributed by atoms with van der Waals surface area (Å²) in [4.78, 5) is 2.45. The summed E-state index contributed by atoms with van der Waals surface area (Å²) in [6.07, 6.45) is 6.94. The van der Waals surface area contributed by atoms with Crippen molar-refractivity contribution in [1.29, 1.82) is 0 Å². The van der Waals surface area contributed by atoms with Crippen molar-refractivity contribution in [2.45, 2.75) is 63.7 Å². The standard InChI is InChI=1S/C20H31NO3/c1-15-13-16(7-8-19(15)23-2)10-12-24-20-6-4-3-5-18(20)21-11-9-17(22)14-21/h7-8,13,17-18,20,22H,3-6,9-12,14H2,1-2H3/t17-,18?,20?/m0/s1. The highest BCUT2D eigenvalue weighted by Gasteiger charge is 2.34. The zero-order chi connectivity index (χ0) is 16.9. The molecule has 1 aromatic carbocycles. The Hall–Kier alpha value is -1.10. The Labute approximate surface area is 145 Å². The van der Waals surface area contributed by atoms with Gasteiger partial charge in [0.2, 0.25) is 0 Å². The molecule has 1 heterocycles. The van der Waals surface area contributed by atoms with Crippen LogP contribution in [-0.4, -0.2) is 55.1 Å². The van der Waals surface area contributed by atoms with Crippen LogP contribution in [0.25, 0.3) is 0 Å². The van der Waals surface area contributed by atoms with Crippen LogP contribution in [0.15, 0.2) is 18.2 Å². The Morgan fingerprint density at radius 3 is 2.75 bits per heavy atom. The summed E-state index contributed by atoms with van der Waals surface area (Å²) >= 11 is 0. The molecular formula is C20H31NO3. The fourth-order valence-corrected chi connectivity index (χ4v) is 4.18. The van der Waals surface area contributed by atoms with Crippen LogP contribution in [0.3, 0.4) is 0 Å². The number of nitrogens with zero attached hydrogens (tertiary/aromatic N) is 1. The van der Waals surface area contributed by atoms with Crippen LogP contribution in [0.1, 0.15) is 43.2 Å². The van der Waals surface area contributed by atoms with E-state index in [1.54, 1.807) is 7.11 Å². The van der Waals surface area contributed by atoms with Gasteiger partial charge in [-0.2, -0.15) is 0 Å². The molecule has 2 unspecified atom stereocenters. The van der Waals surface area contributed by atoms with Crippen LogP contribution in [0.4, 0.5) is 0 Å². The van der Waals surface area contributed by atoms with Gasteiger partial charge in [-0.3, -0.25) is 4.90 Å². The molecule has 0 aromatic heterocycles. The molecular weight excluding hydrogens is 302 g/mol. The third-order valence-electron chi connectivity index (χ3n) is 5.51. The maximum Gasteiger partial charge on any atom is 0.121 e. The lowest BCUT2D eigenvalue weighted by atomic mass is 9.91. The normalized spacial score (nSPS) is 28.2. The number of rotatable bonds is 6. The molecule has 2 fully saturated rings. The van der Waals surface area contributed by atoms with Gasteiger partial charge < -0.3 is 14.6 Å². The summed E-state index contributed by atoms with van der Waals surface area (Å²) in [5.74, 6) is 0.944. The molecule has 2 aliphatic rings. The first kappa shape index (κ1) is 17.7. The first-order chi connectivity index (χ1) is 11.7. The molecule has 0 amide bonds. The highest BCUT2D eigenvalue weighted by atomic mass is 16.5. The first-order valence-corrected chi connectivity index (χ1v) is 9.34. The number of benzene rings is 1. The number of aliphatic hydroxyl groups is 1. The maximum atomic E-state index is 9.82. The molecule has 3 atom stereocenters. The molecule has 4 nitrogen and oxygen atoms in total. The van der Waals surface area contributed by atoms with Crippen molar-refractivity contribution >= 4 is 0 Å². The monoisotopic (exact) mass is 333 g/mol. The fraction of sp³-hybridized carbons (Fsp3) is 0.700. The van der Waals surface area contributed by atoms with Crippen molar-refractivity contribution in [2.24, 2.45) is 0 Å². The predicted octanol–water partition coefficient (Wildman–Crippen LogP) is 2.94. The quantitative estimate of drug-likeness (QED) is 0.869. The Balaban J connectivity index is 1.51. The third kappa shape index (κ3) is 4.29. The van der Waals surface area contributed by atoms with Gasteiger partial charge in [0.05, 0.1) is 25.9 Å². The second-order valence-electron chi connectivity index (χ2n) is 7.25. The van der Waals surface area contributed by atoms with Crippen LogP contribution in [0.5, 0.6) is 5.75 Å². The van der Waals surface area contributed by atoms with Gasteiger partial charge >= 0.3 is 0 Å². The molecule has 134 valence electrons. The average molecular weight is 333 g/mol. The number of hydrogen-bond donors (Lipinski definition) is 1. The van der Waals surface area contributed by atoms with Crippen molar-refractivity contribution in [3.63, 3.8) is 0 Å². The van der Waals surface area contributed by atoms with Crippen molar-refractivity contribution in [1.82, 2.24) is 4.90 Å². The first-order valence-electron chi connectivity index (χ1n) is 9.34. The molecule has 1 aliphatic carbocycles. The molecule has 24 heavy (non-hydrogen) atoms. The predicted molar refractivity (Wildman–Crippen MR) is 95.6 cm³/mol. The van der Waals surface area contributed by atoms with Crippen LogP contribution in [0.2, 0.25) is 0 Å². The lowest BCUT2D eigenvalue weighted by Crippen LogP contribution is -2.46. The van der Waals surface area contributed by atoms with E-state index >= 15 is 0 Å². The lowest BCUT2D eigenvalue weighted by molar-refractivity contribution is -0.0316. The summed E-state index contributed by atoms with van der Waals surface area (Å²) in [6, 6.07) is 6.86. The minimum Gasteiger partial charge on any atom is -0.496 e. The zero-order valence-corrected chi connectivity index (χ0v) is 15.0. The van der Waals surface area contributed by atoms with Crippen LogP contribution < -0.4 is 4.74 Å². The van der Waals surface area contributed by atoms with E-state index in [2.05, 4.69) is 24.0 Å². The van der Waals surface area contributed by atoms with Gasteiger partial charge in [-0.1, -0.05) is 25.0 Å². The second kappa shape index (κ2) is 8.32. The smallest absolute Gasteiger partial charge is 0.121 e. The molecule has 1 N–H and O–H groups in total. The third-order valence-corrected chi connectivity index (χ3v) is 5.51. The van der Waals surface area contributed by atoms with Gasteiger partial charge in [0.1, 0.15) is 5.75 Å². The minimum atomic E-state index is -0.144. The van der Waals surface area contributed by atoms with E-state index in [4.69, 9.17) is 9.47 Å². The van der Waals surface area contributed by atoms with Gasteiger partial charge in [-0.05, 0) is 49.8 Å². The largest absolute Gasteiger partial charge is 0.496 e. The summed E-state index contributed by atoms with van der Waals surface area (Å²) in [7, 11) is 1.71. The van der Waals surface area contributed by atoms with E-state index in [0.29, 0.717) is 12.1 Å². The number of methoxy groups -OCH3 is 1. The molecule has 3 rings (SSSR count). The number of aryl methyl sites for hydroxylation is 1. The number of aliphatic hydroxyl groups excluding tert-OH is 1. The Morgan fingerprint density at radius 1 is 1.21 bits per heavy atom. The van der Waals surface area contributed by atoms with Gasteiger partial charge in [-0.15, -0.1) is 0 Å². The molecule has 1 aliphatic heterocycles. The van der Waals surface area contributed by atoms with Gasteiger partial charge in [0, 0.05) is 19.1 Å². The van der Waals surface area contributed by atoms with Crippen molar-refractivity contribution in [3.05, 3.63) is 29.3 Å². The van der Waals surface area contributed by atoms with Crippen LogP contribution >= 0.6 is 0 Å². The van der Waals surface area contributed by atoms with E-state index in [9.17, 15) is 5.11 Å². The number of ether oxygens (including phenoxy) is 2. The summed E-state index contributed by atoms with van der Waals surface area (Å²) in [5.41, 5.74) is 2.48. The molecule has 0 bridgehead atoms. The molecule has 0 spiro atoms. The SMILES string of the molecule is COc1ccc(CCOC2CCCCC2N2CC[C@H](O)C2)cc1C. The van der Waals surface area contributed by atoms with Gasteiger partial charge in [-0.25, -0.2) is 0 Å². The summed E-state index contributed by atoms with van der Waals surface area (Å²) < 4.78 is 11.6. The molecule has 1 saturated carbocycles. The molecule has 1 saturated heterocycles. The highest BCUT2D eigenvalue weighted by molar-refractivity contribution is 5.36. The van der Waals surface area contributed by atoms with Crippen molar-refractivity contribution < 1.29 is 14.6 Å². The fourth-order valence-electron chi connectivity index (χ4n) is 4.18. The van der Waals surface area contributed by atoms with Crippen molar-refractivity contribution in [3.8, 4) is 5.75 Å². The number of likely N-dealkylation sites (tertiary alicyclic amines) is 1. The Kier molecular flexibility index (Phi) is 6.14. The zero-order valence-electron chi connectivity index (χ0n) is 15.0. The Morgan fingerprint density at radius 2 is 2.04 bits per heavy atom. The molecule has 0 radical (unpaired) electrons. The topological polar surface area (TPSA) is 41.9 Å². The van der Waals surface area contributed by atoms with Crippen LogP contribution in [-0.2, 0) is 11.2 Å². The maximum absolute atomic E-state index is 9.82. The minimum absolute atomic E-state index is 0.144. The van der Waals surface area contributed by atoms with Gasteiger partial charge in [0.15, 0.2) is 0 Å². The van der Waals surface area contributed by atoms with E-state index in [1.807, 2.05) is 6.07 Å². The van der Waals surface area contributed by atoms with Crippen molar-refractivity contribution in [2.75, 3.05) is 26.8 Å². The Bertz CT molecular complexity index is 534. The van der Waals surface area contributed by atoms with E-state index in [-0.39, 0.29) is 6.10 Å². The van der Waals surface area contributed by atoms with Gasteiger partial charge in [0.25, 0.3) is 0 Å². The number of β-amino-alcohol motifs (C(OH)–C–C–N with tert-alkyl or cyclic N) is 1. The molecule has 4 heteroatoms. The van der Waals surface area contributed by atoms with Crippen LogP contribution in [0, 0.1) is 6.92 Å². The average Bonchev–Trinajstić information content (AvgIpc) is 3.02. The summed E-state index contributed by atoms with van der Waals surface area (Å²) in [5, 5.41) is 9.82. The van der Waals surface area contributed by atoms with E-state index in [0.717, 1.165) is 44.7 Å². The molecule has 1 aromatic rings. The number of hydrogen-bond acceptors (Lipinski definition) is 4. The lowest BCUT2D eigenvalue weighted by Gasteiger charge is -2.37. The summed E-state index contributed by atoms with van der Waals surface area (Å²) in [6.45, 7) is 4.69. The van der Waals surface area contributed by atoms with E-state index in [1.165, 1.54) is 30.4 Å². The van der Waals surface area contributed by atoms with E-state index < -0.39 is 0 Å².